The summed E-state index contributed by atoms with van der Waals surface area (Å²) < 4.78 is 0. The van der Waals surface area contributed by atoms with Crippen molar-refractivity contribution in [2.45, 2.75) is 20.8 Å². The van der Waals surface area contributed by atoms with Crippen molar-refractivity contribution in [3.05, 3.63) is 77.6 Å². The van der Waals surface area contributed by atoms with Gasteiger partial charge in [0.2, 0.25) is 5.91 Å². The largest absolute Gasteiger partial charge is 0.354 e. The minimum Gasteiger partial charge on any atom is -0.354 e. The molecule has 6 nitrogen and oxygen atoms in total. The van der Waals surface area contributed by atoms with Gasteiger partial charge in [-0.1, -0.05) is 6.07 Å². The molecule has 0 saturated heterocycles. The van der Waals surface area contributed by atoms with Crippen LogP contribution < -0.4 is 16.0 Å². The zero-order chi connectivity index (χ0) is 20.1. The van der Waals surface area contributed by atoms with E-state index in [4.69, 9.17) is 0 Å². The van der Waals surface area contributed by atoms with Crippen LogP contribution in [0, 0.1) is 13.8 Å². The molecule has 28 heavy (non-hydrogen) atoms. The van der Waals surface area contributed by atoms with E-state index in [1.54, 1.807) is 36.5 Å². The van der Waals surface area contributed by atoms with E-state index in [-0.39, 0.29) is 11.8 Å². The number of carbonyl (C=O) groups excluding carboxylic acids is 2. The molecule has 1 aromatic heterocycles. The third kappa shape index (κ3) is 4.94. The molecule has 0 atom stereocenters. The number of pyridine rings is 1. The lowest BCUT2D eigenvalue weighted by Crippen LogP contribution is -2.12. The van der Waals surface area contributed by atoms with Crippen LogP contribution in [0.1, 0.15) is 28.4 Å². The van der Waals surface area contributed by atoms with Gasteiger partial charge in [0, 0.05) is 30.2 Å². The number of amides is 2. The summed E-state index contributed by atoms with van der Waals surface area (Å²) in [5.74, 6) is -0.403. The summed E-state index contributed by atoms with van der Waals surface area (Å²) in [7, 11) is 0. The maximum absolute atomic E-state index is 12.5. The molecule has 3 N–H and O–H groups in total. The van der Waals surface area contributed by atoms with Gasteiger partial charge in [0.15, 0.2) is 0 Å². The number of hydrogen-bond donors (Lipinski definition) is 3. The molecule has 3 aromatic rings. The second-order valence-corrected chi connectivity index (χ2v) is 6.60. The van der Waals surface area contributed by atoms with Crippen LogP contribution >= 0.6 is 0 Å². The lowest BCUT2D eigenvalue weighted by molar-refractivity contribution is -0.114. The fourth-order valence-electron chi connectivity index (χ4n) is 2.66. The summed E-state index contributed by atoms with van der Waals surface area (Å²) in [5.41, 5.74) is 5.84. The predicted octanol–water partition coefficient (Wildman–Crippen LogP) is 4.65. The van der Waals surface area contributed by atoms with Gasteiger partial charge in [0.05, 0.1) is 17.4 Å². The second kappa shape index (κ2) is 8.35. The van der Waals surface area contributed by atoms with E-state index in [1.807, 2.05) is 12.1 Å². The molecule has 0 fully saturated rings. The molecule has 0 spiro atoms. The predicted molar refractivity (Wildman–Crippen MR) is 112 cm³/mol. The SMILES string of the molecule is CC(=O)Nc1ccc(NC(=O)c2cncc(Nc3ccc(C)c(C)c3)c2)cc1. The first-order valence-electron chi connectivity index (χ1n) is 8.89. The molecule has 142 valence electrons. The van der Waals surface area contributed by atoms with Crippen LogP contribution in [0.3, 0.4) is 0 Å². The first kappa shape index (κ1) is 19.1. The summed E-state index contributed by atoms with van der Waals surface area (Å²) in [4.78, 5) is 27.8. The topological polar surface area (TPSA) is 83.1 Å². The Morgan fingerprint density at radius 2 is 1.39 bits per heavy atom. The summed E-state index contributed by atoms with van der Waals surface area (Å²) in [6.07, 6.45) is 3.20. The first-order valence-corrected chi connectivity index (χ1v) is 8.89. The van der Waals surface area contributed by atoms with Crippen molar-refractivity contribution in [1.29, 1.82) is 0 Å². The average Bonchev–Trinajstić information content (AvgIpc) is 2.66. The smallest absolute Gasteiger partial charge is 0.257 e. The summed E-state index contributed by atoms with van der Waals surface area (Å²) in [5, 5.41) is 8.79. The van der Waals surface area contributed by atoms with Crippen LogP contribution in [0.2, 0.25) is 0 Å². The van der Waals surface area contributed by atoms with E-state index in [0.717, 1.165) is 11.4 Å². The van der Waals surface area contributed by atoms with Crippen molar-refractivity contribution in [2.75, 3.05) is 16.0 Å². The maximum atomic E-state index is 12.5. The first-order chi connectivity index (χ1) is 13.4. The Morgan fingerprint density at radius 1 is 0.750 bits per heavy atom. The molecule has 0 saturated carbocycles. The highest BCUT2D eigenvalue weighted by Crippen LogP contribution is 2.20. The molecule has 2 amide bonds. The van der Waals surface area contributed by atoms with Gasteiger partial charge in [-0.3, -0.25) is 14.6 Å². The molecular formula is C22H22N4O2. The molecule has 0 aliphatic heterocycles. The molecule has 6 heteroatoms. The number of anilines is 4. The van der Waals surface area contributed by atoms with Crippen molar-refractivity contribution >= 4 is 34.6 Å². The minimum absolute atomic E-state index is 0.143. The number of carbonyl (C=O) groups is 2. The normalized spacial score (nSPS) is 10.2. The number of nitrogens with one attached hydrogen (secondary N) is 3. The van der Waals surface area contributed by atoms with Crippen LogP contribution in [0.5, 0.6) is 0 Å². The Labute approximate surface area is 164 Å². The highest BCUT2D eigenvalue weighted by molar-refractivity contribution is 6.04. The number of aromatic nitrogens is 1. The van der Waals surface area contributed by atoms with Crippen molar-refractivity contribution in [1.82, 2.24) is 4.98 Å². The van der Waals surface area contributed by atoms with E-state index in [1.165, 1.54) is 24.2 Å². The molecule has 3 rings (SSSR count). The zero-order valence-corrected chi connectivity index (χ0v) is 16.0. The Balaban J connectivity index is 1.69. The van der Waals surface area contributed by atoms with Crippen molar-refractivity contribution in [2.24, 2.45) is 0 Å². The Kier molecular flexibility index (Phi) is 5.69. The quantitative estimate of drug-likeness (QED) is 0.607. The molecule has 0 aliphatic rings. The van der Waals surface area contributed by atoms with E-state index < -0.39 is 0 Å². The molecule has 1 heterocycles. The van der Waals surface area contributed by atoms with Gasteiger partial charge in [0.25, 0.3) is 5.91 Å². The Hall–Kier alpha value is -3.67. The zero-order valence-electron chi connectivity index (χ0n) is 16.0. The molecular weight excluding hydrogens is 352 g/mol. The molecule has 0 aliphatic carbocycles. The van der Waals surface area contributed by atoms with Gasteiger partial charge < -0.3 is 16.0 Å². The molecule has 0 bridgehead atoms. The molecule has 2 aromatic carbocycles. The van der Waals surface area contributed by atoms with Gasteiger partial charge in [-0.25, -0.2) is 0 Å². The second-order valence-electron chi connectivity index (χ2n) is 6.60. The number of benzene rings is 2. The Morgan fingerprint density at radius 3 is 2.04 bits per heavy atom. The fourth-order valence-corrected chi connectivity index (χ4v) is 2.66. The van der Waals surface area contributed by atoms with Crippen molar-refractivity contribution in [3.63, 3.8) is 0 Å². The third-order valence-electron chi connectivity index (χ3n) is 4.26. The van der Waals surface area contributed by atoms with Crippen molar-refractivity contribution < 1.29 is 9.59 Å². The lowest BCUT2D eigenvalue weighted by Gasteiger charge is -2.10. The van der Waals surface area contributed by atoms with Crippen molar-refractivity contribution in [3.8, 4) is 0 Å². The van der Waals surface area contributed by atoms with Crippen LogP contribution in [0.25, 0.3) is 0 Å². The monoisotopic (exact) mass is 374 g/mol. The maximum Gasteiger partial charge on any atom is 0.257 e. The summed E-state index contributed by atoms with van der Waals surface area (Å²) in [6, 6.07) is 14.8. The standard InChI is InChI=1S/C22H22N4O2/c1-14-4-5-20(10-15(14)2)25-21-11-17(12-23-13-21)22(28)26-19-8-6-18(7-9-19)24-16(3)27/h4-13,25H,1-3H3,(H,24,27)(H,26,28). The van der Waals surface area contributed by atoms with Gasteiger partial charge in [0.1, 0.15) is 0 Å². The van der Waals surface area contributed by atoms with Crippen LogP contribution in [-0.2, 0) is 4.79 Å². The average molecular weight is 374 g/mol. The highest BCUT2D eigenvalue weighted by Gasteiger charge is 2.08. The molecule has 0 unspecified atom stereocenters. The van der Waals surface area contributed by atoms with E-state index in [2.05, 4.69) is 40.8 Å². The number of rotatable bonds is 5. The number of nitrogens with zero attached hydrogens (tertiary/aromatic N) is 1. The Bertz CT molecular complexity index is 1010. The number of hydrogen-bond acceptors (Lipinski definition) is 4. The van der Waals surface area contributed by atoms with Crippen LogP contribution in [0.15, 0.2) is 60.9 Å². The van der Waals surface area contributed by atoms with E-state index in [9.17, 15) is 9.59 Å². The highest BCUT2D eigenvalue weighted by atomic mass is 16.2. The fraction of sp³-hybridized carbons (Fsp3) is 0.136. The van der Waals surface area contributed by atoms with Gasteiger partial charge in [-0.2, -0.15) is 0 Å². The van der Waals surface area contributed by atoms with E-state index in [0.29, 0.717) is 16.9 Å². The van der Waals surface area contributed by atoms with Gasteiger partial charge in [-0.15, -0.1) is 0 Å². The summed E-state index contributed by atoms with van der Waals surface area (Å²) >= 11 is 0. The summed E-state index contributed by atoms with van der Waals surface area (Å²) in [6.45, 7) is 5.57. The van der Waals surface area contributed by atoms with Crippen LogP contribution in [0.4, 0.5) is 22.7 Å². The van der Waals surface area contributed by atoms with Gasteiger partial charge in [-0.05, 0) is 67.4 Å². The van der Waals surface area contributed by atoms with E-state index >= 15 is 0 Å². The minimum atomic E-state index is -0.261. The van der Waals surface area contributed by atoms with Gasteiger partial charge >= 0.3 is 0 Å². The number of aryl methyl sites for hydroxylation is 2. The van der Waals surface area contributed by atoms with Crippen LogP contribution in [-0.4, -0.2) is 16.8 Å². The third-order valence-corrected chi connectivity index (χ3v) is 4.26. The molecule has 0 radical (unpaired) electrons. The lowest BCUT2D eigenvalue weighted by atomic mass is 10.1.